The van der Waals surface area contributed by atoms with Gasteiger partial charge in [-0.2, -0.15) is 0 Å². The summed E-state index contributed by atoms with van der Waals surface area (Å²) in [4.78, 5) is 38.5. The molecule has 0 unspecified atom stereocenters. The van der Waals surface area contributed by atoms with Gasteiger partial charge in [-0.1, -0.05) is 60.9 Å². The van der Waals surface area contributed by atoms with E-state index >= 15 is 0 Å². The van der Waals surface area contributed by atoms with Gasteiger partial charge in [0, 0.05) is 25.2 Å². The Morgan fingerprint density at radius 2 is 1.81 bits per heavy atom. The van der Waals surface area contributed by atoms with E-state index in [0.29, 0.717) is 33.9 Å². The quantitative estimate of drug-likeness (QED) is 0.363. The predicted molar refractivity (Wildman–Crippen MR) is 144 cm³/mol. The number of benzene rings is 2. The summed E-state index contributed by atoms with van der Waals surface area (Å²) in [5.41, 5.74) is 2.99. The maximum atomic E-state index is 13.0. The van der Waals surface area contributed by atoms with Crippen LogP contribution in [0, 0.1) is 6.92 Å². The molecular formula is C27H30N6O3S. The minimum atomic E-state index is -0.221. The first-order valence-corrected chi connectivity index (χ1v) is 13.5. The van der Waals surface area contributed by atoms with Crippen LogP contribution in [0.2, 0.25) is 0 Å². The highest BCUT2D eigenvalue weighted by molar-refractivity contribution is 7.99. The van der Waals surface area contributed by atoms with Crippen LogP contribution in [-0.2, 0) is 18.4 Å². The van der Waals surface area contributed by atoms with E-state index in [4.69, 9.17) is 0 Å². The lowest BCUT2D eigenvalue weighted by Gasteiger charge is -2.22. The van der Waals surface area contributed by atoms with Gasteiger partial charge in [-0.25, -0.2) is 0 Å². The van der Waals surface area contributed by atoms with E-state index in [1.807, 2.05) is 31.2 Å². The molecular weight excluding hydrogens is 488 g/mol. The maximum Gasteiger partial charge on any atom is 0.262 e. The summed E-state index contributed by atoms with van der Waals surface area (Å²) < 4.78 is 3.17. The summed E-state index contributed by atoms with van der Waals surface area (Å²) in [7, 11) is 1.64. The fourth-order valence-corrected chi connectivity index (χ4v) is 5.47. The zero-order valence-corrected chi connectivity index (χ0v) is 21.8. The molecule has 1 fully saturated rings. The lowest BCUT2D eigenvalue weighted by Crippen LogP contribution is -2.36. The fourth-order valence-electron chi connectivity index (χ4n) is 4.70. The van der Waals surface area contributed by atoms with E-state index in [1.54, 1.807) is 29.6 Å². The third-order valence-electron chi connectivity index (χ3n) is 6.84. The lowest BCUT2D eigenvalue weighted by atomic mass is 9.95. The zero-order valence-electron chi connectivity index (χ0n) is 21.0. The highest BCUT2D eigenvalue weighted by Crippen LogP contribution is 2.23. The summed E-state index contributed by atoms with van der Waals surface area (Å²) in [6.45, 7) is 2.46. The van der Waals surface area contributed by atoms with Crippen molar-refractivity contribution in [1.29, 1.82) is 0 Å². The lowest BCUT2D eigenvalue weighted by molar-refractivity contribution is -0.118. The molecule has 1 saturated carbocycles. The monoisotopic (exact) mass is 518 g/mol. The second-order valence-corrected chi connectivity index (χ2v) is 10.5. The van der Waals surface area contributed by atoms with Crippen LogP contribution in [0.3, 0.4) is 0 Å². The Balaban J connectivity index is 1.38. The van der Waals surface area contributed by atoms with Gasteiger partial charge >= 0.3 is 0 Å². The number of rotatable bonds is 7. The van der Waals surface area contributed by atoms with Gasteiger partial charge in [-0.3, -0.25) is 23.4 Å². The molecule has 9 nitrogen and oxygen atoms in total. The molecule has 0 bridgehead atoms. The van der Waals surface area contributed by atoms with E-state index in [1.165, 1.54) is 28.3 Å². The smallest absolute Gasteiger partial charge is 0.262 e. The van der Waals surface area contributed by atoms with Crippen molar-refractivity contribution >= 4 is 40.3 Å². The molecule has 0 spiro atoms. The third-order valence-corrected chi connectivity index (χ3v) is 7.76. The molecule has 10 heteroatoms. The number of carbonyl (C=O) groups excluding carboxylic acids is 2. The first-order chi connectivity index (χ1) is 17.9. The van der Waals surface area contributed by atoms with Gasteiger partial charge in [0.2, 0.25) is 11.7 Å². The Morgan fingerprint density at radius 3 is 2.57 bits per heavy atom. The maximum absolute atomic E-state index is 13.0. The summed E-state index contributed by atoms with van der Waals surface area (Å²) in [6, 6.07) is 13.3. The minimum absolute atomic E-state index is 0.135. The molecule has 5 rings (SSSR count). The predicted octanol–water partition coefficient (Wildman–Crippen LogP) is 3.36. The molecule has 2 heterocycles. The van der Waals surface area contributed by atoms with Gasteiger partial charge < -0.3 is 10.6 Å². The normalized spacial score (nSPS) is 14.2. The number of hydrogen-bond donors (Lipinski definition) is 2. The van der Waals surface area contributed by atoms with Crippen molar-refractivity contribution in [2.24, 2.45) is 7.05 Å². The zero-order chi connectivity index (χ0) is 25.9. The molecule has 0 saturated heterocycles. The van der Waals surface area contributed by atoms with Crippen molar-refractivity contribution in [2.45, 2.75) is 56.8 Å². The first-order valence-electron chi connectivity index (χ1n) is 12.5. The van der Waals surface area contributed by atoms with Crippen LogP contribution in [0.1, 0.15) is 53.6 Å². The number of nitrogens with one attached hydrogen (secondary N) is 2. The Labute approximate surface area is 218 Å². The highest BCUT2D eigenvalue weighted by atomic mass is 32.2. The molecule has 37 heavy (non-hydrogen) atoms. The number of hydrogen-bond acceptors (Lipinski definition) is 6. The minimum Gasteiger partial charge on any atom is -0.351 e. The number of aromatic nitrogens is 4. The second kappa shape index (κ2) is 10.8. The molecule has 2 amide bonds. The molecule has 0 atom stereocenters. The Bertz CT molecular complexity index is 1520. The fraction of sp³-hybridized carbons (Fsp3) is 0.370. The SMILES string of the molecule is Cc1ccc(CNC(=O)CSc2nnc3n(C)c(=O)c4ccc(C(=O)NC5CCCCC5)cc4n23)cc1. The van der Waals surface area contributed by atoms with Crippen molar-refractivity contribution in [3.63, 3.8) is 0 Å². The molecule has 1 aliphatic carbocycles. The number of thioether (sulfide) groups is 1. The van der Waals surface area contributed by atoms with E-state index in [0.717, 1.165) is 31.2 Å². The number of carbonyl (C=O) groups is 2. The largest absolute Gasteiger partial charge is 0.351 e. The number of fused-ring (bicyclic) bond motifs is 3. The highest BCUT2D eigenvalue weighted by Gasteiger charge is 2.20. The average molecular weight is 519 g/mol. The van der Waals surface area contributed by atoms with Gasteiger partial charge in [0.25, 0.3) is 11.5 Å². The van der Waals surface area contributed by atoms with Crippen molar-refractivity contribution in [1.82, 2.24) is 29.8 Å². The Morgan fingerprint density at radius 1 is 1.05 bits per heavy atom. The summed E-state index contributed by atoms with van der Waals surface area (Å²) in [5, 5.41) is 15.4. The van der Waals surface area contributed by atoms with E-state index in [2.05, 4.69) is 20.8 Å². The van der Waals surface area contributed by atoms with Crippen molar-refractivity contribution in [2.75, 3.05) is 5.75 Å². The van der Waals surface area contributed by atoms with Gasteiger partial charge in [0.05, 0.1) is 16.7 Å². The number of amides is 2. The van der Waals surface area contributed by atoms with Gasteiger partial charge in [-0.05, 0) is 43.5 Å². The van der Waals surface area contributed by atoms with Crippen molar-refractivity contribution < 1.29 is 9.59 Å². The summed E-state index contributed by atoms with van der Waals surface area (Å²) in [5.74, 6) is 0.202. The van der Waals surface area contributed by atoms with E-state index in [-0.39, 0.29) is 29.2 Å². The topological polar surface area (TPSA) is 110 Å². The van der Waals surface area contributed by atoms with Crippen molar-refractivity contribution in [3.8, 4) is 0 Å². The van der Waals surface area contributed by atoms with Crippen molar-refractivity contribution in [3.05, 3.63) is 69.5 Å². The van der Waals surface area contributed by atoms with Gasteiger partial charge in [0.1, 0.15) is 0 Å². The van der Waals surface area contributed by atoms with Crippen LogP contribution >= 0.6 is 11.8 Å². The van der Waals surface area contributed by atoms with E-state index < -0.39 is 0 Å². The Kier molecular flexibility index (Phi) is 7.27. The average Bonchev–Trinajstić information content (AvgIpc) is 3.35. The standard InChI is InChI=1S/C27H30N6O3S/c1-17-8-10-18(11-9-17)15-28-23(34)16-37-27-31-30-26-32(2)25(36)21-13-12-19(14-22(21)33(26)27)24(35)29-20-6-4-3-5-7-20/h8-14,20H,3-7,15-16H2,1-2H3,(H,28,34)(H,29,35). The van der Waals surface area contributed by atoms with Crippen LogP contribution in [0.25, 0.3) is 16.7 Å². The molecule has 192 valence electrons. The second-order valence-electron chi connectivity index (χ2n) is 9.57. The van der Waals surface area contributed by atoms with Gasteiger partial charge in [0.15, 0.2) is 5.16 Å². The van der Waals surface area contributed by atoms with Crippen LogP contribution in [-0.4, -0.2) is 42.8 Å². The van der Waals surface area contributed by atoms with Crippen LogP contribution in [0.4, 0.5) is 0 Å². The third kappa shape index (κ3) is 5.39. The molecule has 0 aliphatic heterocycles. The molecule has 2 aromatic carbocycles. The Hall–Kier alpha value is -3.66. The van der Waals surface area contributed by atoms with E-state index in [9.17, 15) is 14.4 Å². The van der Waals surface area contributed by atoms with Gasteiger partial charge in [-0.15, -0.1) is 10.2 Å². The van der Waals surface area contributed by atoms with Crippen LogP contribution < -0.4 is 16.2 Å². The van der Waals surface area contributed by atoms with Crippen LogP contribution in [0.15, 0.2) is 52.4 Å². The summed E-state index contributed by atoms with van der Waals surface area (Å²) >= 11 is 1.24. The summed E-state index contributed by atoms with van der Waals surface area (Å²) in [6.07, 6.45) is 5.44. The molecule has 1 aliphatic rings. The molecule has 0 radical (unpaired) electrons. The number of nitrogens with zero attached hydrogens (tertiary/aromatic N) is 4. The molecule has 4 aromatic rings. The first kappa shape index (κ1) is 25.0. The molecule has 2 aromatic heterocycles. The molecule has 2 N–H and O–H groups in total. The van der Waals surface area contributed by atoms with Crippen LogP contribution in [0.5, 0.6) is 0 Å². The number of aryl methyl sites for hydroxylation is 2.